The second-order valence-electron chi connectivity index (χ2n) is 5.93. The number of esters is 1. The first kappa shape index (κ1) is 17.7. The van der Waals surface area contributed by atoms with Crippen molar-refractivity contribution >= 4 is 17.6 Å². The van der Waals surface area contributed by atoms with Crippen molar-refractivity contribution in [1.29, 1.82) is 0 Å². The molecule has 7 nitrogen and oxygen atoms in total. The van der Waals surface area contributed by atoms with Gasteiger partial charge in [-0.25, -0.2) is 10.2 Å². The van der Waals surface area contributed by atoms with E-state index in [-0.39, 0.29) is 11.7 Å². The number of aryl methyl sites for hydroxylation is 1. The van der Waals surface area contributed by atoms with E-state index < -0.39 is 5.97 Å². The molecule has 0 fully saturated rings. The predicted molar refractivity (Wildman–Crippen MR) is 94.7 cm³/mol. The summed E-state index contributed by atoms with van der Waals surface area (Å²) in [6.45, 7) is 1.79. The Hall–Kier alpha value is -3.09. The molecule has 0 atom stereocenters. The molecule has 1 N–H and O–H groups in total. The molecule has 1 heterocycles. The molecule has 1 aliphatic rings. The van der Waals surface area contributed by atoms with Crippen molar-refractivity contribution < 1.29 is 23.5 Å². The van der Waals surface area contributed by atoms with Gasteiger partial charge in [0.05, 0.1) is 19.9 Å². The van der Waals surface area contributed by atoms with Crippen LogP contribution in [0.1, 0.15) is 50.6 Å². The third-order valence-corrected chi connectivity index (χ3v) is 4.34. The zero-order valence-corrected chi connectivity index (χ0v) is 14.9. The molecule has 2 aromatic rings. The van der Waals surface area contributed by atoms with Crippen molar-refractivity contribution in [2.24, 2.45) is 5.10 Å². The lowest BCUT2D eigenvalue weighted by atomic mass is 9.93. The van der Waals surface area contributed by atoms with Crippen LogP contribution in [0.15, 0.2) is 33.8 Å². The van der Waals surface area contributed by atoms with Gasteiger partial charge in [-0.15, -0.1) is 0 Å². The van der Waals surface area contributed by atoms with Gasteiger partial charge in [0.2, 0.25) is 5.76 Å². The number of nitrogens with one attached hydrogen (secondary N) is 1. The van der Waals surface area contributed by atoms with Crippen LogP contribution in [0.3, 0.4) is 0 Å². The number of fused-ring (bicyclic) bond motifs is 1. The fraction of sp³-hybridized carbons (Fsp3) is 0.316. The molecular weight excluding hydrogens is 336 g/mol. The van der Waals surface area contributed by atoms with E-state index in [0.717, 1.165) is 18.4 Å². The molecule has 1 amide bonds. The normalized spacial score (nSPS) is 14.7. The monoisotopic (exact) mass is 356 g/mol. The smallest absolute Gasteiger partial charge is 0.374 e. The number of carbonyl (C=O) groups excluding carboxylic acids is 2. The van der Waals surface area contributed by atoms with Gasteiger partial charge in [0, 0.05) is 23.1 Å². The lowest BCUT2D eigenvalue weighted by Gasteiger charge is -2.13. The zero-order valence-electron chi connectivity index (χ0n) is 14.9. The van der Waals surface area contributed by atoms with Crippen LogP contribution in [0.25, 0.3) is 0 Å². The molecule has 3 rings (SSSR count). The number of carbonyl (C=O) groups is 2. The van der Waals surface area contributed by atoms with Crippen LogP contribution in [0, 0.1) is 6.92 Å². The van der Waals surface area contributed by atoms with Gasteiger partial charge in [-0.05, 0) is 44.0 Å². The highest BCUT2D eigenvalue weighted by atomic mass is 16.5. The quantitative estimate of drug-likeness (QED) is 0.672. The molecule has 1 aliphatic carbocycles. The number of hydrazone groups is 1. The first-order chi connectivity index (χ1) is 12.5. The third-order valence-electron chi connectivity index (χ3n) is 4.34. The highest BCUT2D eigenvalue weighted by Gasteiger charge is 2.28. The summed E-state index contributed by atoms with van der Waals surface area (Å²) in [5.41, 5.74) is 5.22. The Morgan fingerprint density at radius 1 is 1.15 bits per heavy atom. The Morgan fingerprint density at radius 2 is 1.88 bits per heavy atom. The van der Waals surface area contributed by atoms with E-state index in [1.807, 2.05) is 0 Å². The molecule has 136 valence electrons. The van der Waals surface area contributed by atoms with Crippen LogP contribution in [0.4, 0.5) is 0 Å². The number of rotatable bonds is 4. The number of ether oxygens (including phenoxy) is 2. The minimum atomic E-state index is -0.515. The van der Waals surface area contributed by atoms with Gasteiger partial charge < -0.3 is 13.9 Å². The maximum Gasteiger partial charge on any atom is 0.374 e. The van der Waals surface area contributed by atoms with Crippen LogP contribution in [-0.4, -0.2) is 31.8 Å². The molecule has 0 aliphatic heterocycles. The van der Waals surface area contributed by atoms with Gasteiger partial charge in [-0.3, -0.25) is 4.79 Å². The maximum absolute atomic E-state index is 12.3. The largest absolute Gasteiger partial charge is 0.497 e. The van der Waals surface area contributed by atoms with E-state index in [1.54, 1.807) is 38.3 Å². The van der Waals surface area contributed by atoms with Crippen molar-refractivity contribution in [3.8, 4) is 5.75 Å². The standard InChI is InChI=1S/C19H20N2O5/c1-11-16-14(5-4-6-15(16)26-17(11)19(23)25-3)20-21-18(22)12-7-9-13(24-2)10-8-12/h7-10H,4-6H2,1-3H3,(H,21,22)/b20-14+. The highest BCUT2D eigenvalue weighted by Crippen LogP contribution is 2.30. The van der Waals surface area contributed by atoms with Gasteiger partial charge in [0.25, 0.3) is 5.91 Å². The van der Waals surface area contributed by atoms with Crippen molar-refractivity contribution in [1.82, 2.24) is 5.43 Å². The number of benzene rings is 1. The Bertz CT molecular complexity index is 865. The third kappa shape index (κ3) is 3.33. The first-order valence-electron chi connectivity index (χ1n) is 8.27. The fourth-order valence-corrected chi connectivity index (χ4v) is 2.99. The average molecular weight is 356 g/mol. The number of furan rings is 1. The molecule has 0 unspecified atom stereocenters. The molecule has 0 saturated heterocycles. The minimum absolute atomic E-state index is 0.189. The van der Waals surface area contributed by atoms with Crippen molar-refractivity contribution in [3.63, 3.8) is 0 Å². The fourth-order valence-electron chi connectivity index (χ4n) is 2.99. The van der Waals surface area contributed by atoms with Crippen molar-refractivity contribution in [3.05, 3.63) is 52.5 Å². The summed E-state index contributed by atoms with van der Waals surface area (Å²) >= 11 is 0. The minimum Gasteiger partial charge on any atom is -0.497 e. The summed E-state index contributed by atoms with van der Waals surface area (Å²) in [7, 11) is 2.88. The number of nitrogens with zero attached hydrogens (tertiary/aromatic N) is 1. The highest BCUT2D eigenvalue weighted by molar-refractivity contribution is 6.06. The number of hydrogen-bond donors (Lipinski definition) is 1. The lowest BCUT2D eigenvalue weighted by molar-refractivity contribution is 0.0561. The summed E-state index contributed by atoms with van der Waals surface area (Å²) in [6, 6.07) is 6.76. The van der Waals surface area contributed by atoms with Crippen molar-refractivity contribution in [2.45, 2.75) is 26.2 Å². The second kappa shape index (κ2) is 7.43. The Morgan fingerprint density at radius 3 is 2.54 bits per heavy atom. The van der Waals surface area contributed by atoms with Gasteiger partial charge in [0.15, 0.2) is 0 Å². The van der Waals surface area contributed by atoms with Gasteiger partial charge in [-0.1, -0.05) is 0 Å². The number of methoxy groups -OCH3 is 2. The molecule has 7 heteroatoms. The summed E-state index contributed by atoms with van der Waals surface area (Å²) in [5.74, 6) is 0.731. The Balaban J connectivity index is 1.83. The van der Waals surface area contributed by atoms with E-state index in [1.165, 1.54) is 7.11 Å². The van der Waals surface area contributed by atoms with Gasteiger partial charge in [0.1, 0.15) is 11.5 Å². The van der Waals surface area contributed by atoms with Crippen LogP contribution in [0.5, 0.6) is 5.75 Å². The van der Waals surface area contributed by atoms with Crippen LogP contribution in [0.2, 0.25) is 0 Å². The summed E-state index contributed by atoms with van der Waals surface area (Å²) in [6.07, 6.45) is 2.24. The molecule has 0 spiro atoms. The molecule has 0 bridgehead atoms. The Labute approximate surface area is 151 Å². The number of amides is 1. The average Bonchev–Trinajstić information content (AvgIpc) is 3.03. The molecule has 1 aromatic heterocycles. The summed E-state index contributed by atoms with van der Waals surface area (Å²) < 4.78 is 15.5. The van der Waals surface area contributed by atoms with E-state index in [4.69, 9.17) is 13.9 Å². The SMILES string of the molecule is COC(=O)c1oc2c(c1C)/C(=N/NC(=O)c1ccc(OC)cc1)CCC2. The molecular formula is C19H20N2O5. The van der Waals surface area contributed by atoms with E-state index in [9.17, 15) is 9.59 Å². The van der Waals surface area contributed by atoms with E-state index >= 15 is 0 Å². The second-order valence-corrected chi connectivity index (χ2v) is 5.93. The lowest BCUT2D eigenvalue weighted by Crippen LogP contribution is -2.22. The summed E-state index contributed by atoms with van der Waals surface area (Å²) in [4.78, 5) is 24.1. The van der Waals surface area contributed by atoms with Crippen LogP contribution >= 0.6 is 0 Å². The van der Waals surface area contributed by atoms with E-state index in [2.05, 4.69) is 10.5 Å². The van der Waals surface area contributed by atoms with Gasteiger partial charge >= 0.3 is 5.97 Å². The molecule has 0 radical (unpaired) electrons. The zero-order chi connectivity index (χ0) is 18.7. The molecule has 26 heavy (non-hydrogen) atoms. The topological polar surface area (TPSA) is 90.1 Å². The van der Waals surface area contributed by atoms with E-state index in [0.29, 0.717) is 34.8 Å². The summed E-state index contributed by atoms with van der Waals surface area (Å²) in [5, 5.41) is 4.28. The molecule has 1 aromatic carbocycles. The van der Waals surface area contributed by atoms with Crippen molar-refractivity contribution in [2.75, 3.05) is 14.2 Å². The van der Waals surface area contributed by atoms with Crippen LogP contribution < -0.4 is 10.2 Å². The van der Waals surface area contributed by atoms with Gasteiger partial charge in [-0.2, -0.15) is 5.10 Å². The maximum atomic E-state index is 12.3. The van der Waals surface area contributed by atoms with Crippen LogP contribution in [-0.2, 0) is 11.2 Å². The predicted octanol–water partition coefficient (Wildman–Crippen LogP) is 2.85. The Kier molecular flexibility index (Phi) is 5.06. The molecule has 0 saturated carbocycles. The number of hydrogen-bond acceptors (Lipinski definition) is 6. The first-order valence-corrected chi connectivity index (χ1v) is 8.27.